The first-order chi connectivity index (χ1) is 13.5. The van der Waals surface area contributed by atoms with Gasteiger partial charge >= 0.3 is 6.03 Å². The fourth-order valence-corrected chi connectivity index (χ4v) is 2.75. The van der Waals surface area contributed by atoms with Gasteiger partial charge in [0.15, 0.2) is 11.5 Å². The van der Waals surface area contributed by atoms with Gasteiger partial charge in [0.25, 0.3) is 0 Å². The van der Waals surface area contributed by atoms with Gasteiger partial charge in [0.2, 0.25) is 5.88 Å². The Morgan fingerprint density at radius 2 is 2.04 bits per heavy atom. The number of phenolic OH excluding ortho intramolecular Hbond substituents is 1. The summed E-state index contributed by atoms with van der Waals surface area (Å²) in [5, 5.41) is 15.2. The molecule has 1 aromatic heterocycles. The summed E-state index contributed by atoms with van der Waals surface area (Å²) in [4.78, 5) is 16.2. The zero-order chi connectivity index (χ0) is 19.9. The molecule has 0 saturated carbocycles. The lowest BCUT2D eigenvalue weighted by atomic mass is 10.2. The van der Waals surface area contributed by atoms with E-state index in [-0.39, 0.29) is 12.3 Å². The normalized spacial score (nSPS) is 10.2. The third kappa shape index (κ3) is 5.37. The van der Waals surface area contributed by atoms with Crippen LogP contribution in [0.1, 0.15) is 5.56 Å². The smallest absolute Gasteiger partial charge is 0.319 e. The molecule has 28 heavy (non-hydrogen) atoms. The van der Waals surface area contributed by atoms with E-state index >= 15 is 0 Å². The van der Waals surface area contributed by atoms with Crippen molar-refractivity contribution in [1.82, 2.24) is 10.3 Å². The van der Waals surface area contributed by atoms with Crippen LogP contribution in [-0.2, 0) is 6.54 Å². The zero-order valence-corrected chi connectivity index (χ0v) is 16.6. The number of ether oxygens (including phenoxy) is 2. The number of hydrogen-bond donors (Lipinski definition) is 3. The van der Waals surface area contributed by atoms with E-state index in [0.29, 0.717) is 23.1 Å². The van der Waals surface area contributed by atoms with E-state index in [1.807, 2.05) is 24.3 Å². The third-order valence-electron chi connectivity index (χ3n) is 3.71. The predicted molar refractivity (Wildman–Crippen MR) is 109 cm³/mol. The largest absolute Gasteiger partial charge is 0.504 e. The van der Waals surface area contributed by atoms with Crippen molar-refractivity contribution in [3.63, 3.8) is 0 Å². The number of benzene rings is 2. The summed E-state index contributed by atoms with van der Waals surface area (Å²) in [5.41, 5.74) is 1.26. The molecule has 0 fully saturated rings. The average Bonchev–Trinajstić information content (AvgIpc) is 2.68. The van der Waals surface area contributed by atoms with Crippen molar-refractivity contribution in [2.75, 3.05) is 12.4 Å². The number of urea groups is 1. The van der Waals surface area contributed by atoms with Gasteiger partial charge in [0.1, 0.15) is 5.75 Å². The molecule has 0 spiro atoms. The predicted octanol–water partition coefficient (Wildman–Crippen LogP) is 4.67. The Kier molecular flexibility index (Phi) is 6.33. The molecule has 3 rings (SSSR count). The highest BCUT2D eigenvalue weighted by Gasteiger charge is 2.06. The third-order valence-corrected chi connectivity index (χ3v) is 4.20. The van der Waals surface area contributed by atoms with Crippen LogP contribution >= 0.6 is 15.9 Å². The number of halogens is 1. The number of carbonyl (C=O) groups is 1. The summed E-state index contributed by atoms with van der Waals surface area (Å²) in [7, 11) is 1.48. The van der Waals surface area contributed by atoms with Crippen LogP contribution in [-0.4, -0.2) is 23.2 Å². The highest BCUT2D eigenvalue weighted by atomic mass is 79.9. The van der Waals surface area contributed by atoms with Gasteiger partial charge < -0.3 is 25.2 Å². The van der Waals surface area contributed by atoms with Crippen molar-refractivity contribution in [3.05, 3.63) is 70.8 Å². The average molecular weight is 444 g/mol. The number of nitrogens with zero attached hydrogens (tertiary/aromatic N) is 1. The second kappa shape index (κ2) is 9.09. The Morgan fingerprint density at radius 3 is 2.71 bits per heavy atom. The lowest BCUT2D eigenvalue weighted by Crippen LogP contribution is -2.28. The fraction of sp³-hybridized carbons (Fsp3) is 0.100. The van der Waals surface area contributed by atoms with Crippen LogP contribution in [0, 0.1) is 0 Å². The summed E-state index contributed by atoms with van der Waals surface area (Å²) >= 11 is 3.38. The van der Waals surface area contributed by atoms with Crippen LogP contribution in [0.15, 0.2) is 65.3 Å². The van der Waals surface area contributed by atoms with Crippen LogP contribution in [0.5, 0.6) is 23.1 Å². The minimum absolute atomic E-state index is 0.0208. The number of carbonyl (C=O) groups excluding carboxylic acids is 1. The van der Waals surface area contributed by atoms with E-state index in [9.17, 15) is 9.90 Å². The van der Waals surface area contributed by atoms with Crippen molar-refractivity contribution in [2.45, 2.75) is 6.54 Å². The van der Waals surface area contributed by atoms with E-state index in [2.05, 4.69) is 31.5 Å². The molecule has 0 atom stereocenters. The van der Waals surface area contributed by atoms with Crippen molar-refractivity contribution in [3.8, 4) is 23.1 Å². The summed E-state index contributed by atoms with van der Waals surface area (Å²) in [6, 6.07) is 15.3. The first kappa shape index (κ1) is 19.5. The molecule has 144 valence electrons. The molecule has 0 bridgehead atoms. The molecule has 0 radical (unpaired) electrons. The molecule has 8 heteroatoms. The molecule has 2 amide bonds. The zero-order valence-electron chi connectivity index (χ0n) is 15.0. The topological polar surface area (TPSA) is 92.7 Å². The van der Waals surface area contributed by atoms with E-state index < -0.39 is 6.03 Å². The van der Waals surface area contributed by atoms with E-state index in [1.165, 1.54) is 19.4 Å². The number of rotatable bonds is 6. The Hall–Kier alpha value is -3.26. The summed E-state index contributed by atoms with van der Waals surface area (Å²) in [6.45, 7) is 0.251. The minimum atomic E-state index is -0.391. The number of aromatic nitrogens is 1. The monoisotopic (exact) mass is 443 g/mol. The highest BCUT2D eigenvalue weighted by molar-refractivity contribution is 9.10. The van der Waals surface area contributed by atoms with Gasteiger partial charge in [-0.3, -0.25) is 0 Å². The van der Waals surface area contributed by atoms with Gasteiger partial charge in [-0.1, -0.05) is 28.1 Å². The number of nitrogens with one attached hydrogen (secondary N) is 2. The molecule has 7 nitrogen and oxygen atoms in total. The molecular weight excluding hydrogens is 426 g/mol. The maximum atomic E-state index is 12.0. The molecule has 1 heterocycles. The van der Waals surface area contributed by atoms with Gasteiger partial charge in [-0.05, 0) is 42.0 Å². The summed E-state index contributed by atoms with van der Waals surface area (Å²) < 4.78 is 11.5. The quantitative estimate of drug-likeness (QED) is 0.514. The van der Waals surface area contributed by atoms with Crippen molar-refractivity contribution >= 4 is 27.6 Å². The molecule has 0 aliphatic carbocycles. The molecule has 0 aliphatic rings. The molecule has 3 N–H and O–H groups in total. The second-order valence-electron chi connectivity index (χ2n) is 5.76. The number of methoxy groups -OCH3 is 1. The number of pyridine rings is 1. The number of aromatic hydroxyl groups is 1. The minimum Gasteiger partial charge on any atom is -0.504 e. The van der Waals surface area contributed by atoms with E-state index in [0.717, 1.165) is 10.0 Å². The second-order valence-corrected chi connectivity index (χ2v) is 6.67. The molecule has 0 unspecified atom stereocenters. The Bertz CT molecular complexity index is 964. The van der Waals surface area contributed by atoms with Gasteiger partial charge in [-0.25, -0.2) is 9.78 Å². The Morgan fingerprint density at radius 1 is 1.18 bits per heavy atom. The lowest BCUT2D eigenvalue weighted by Gasteiger charge is -2.10. The van der Waals surface area contributed by atoms with Crippen molar-refractivity contribution in [2.24, 2.45) is 0 Å². The van der Waals surface area contributed by atoms with Crippen molar-refractivity contribution < 1.29 is 19.4 Å². The summed E-state index contributed by atoms with van der Waals surface area (Å²) in [5.74, 6) is 1.47. The van der Waals surface area contributed by atoms with Gasteiger partial charge in [0.05, 0.1) is 19.0 Å². The molecule has 0 aliphatic heterocycles. The Balaban J connectivity index is 1.52. The standard InChI is InChI=1S/C20H18BrN3O4/c1-27-18-7-5-13(9-17(18)25)11-23-20(26)24-15-6-8-19(22-12-15)28-16-4-2-3-14(21)10-16/h2-10,12,25H,11H2,1H3,(H2,23,24,26). The maximum absolute atomic E-state index is 12.0. The number of hydrogen-bond acceptors (Lipinski definition) is 5. The molecule has 0 saturated heterocycles. The lowest BCUT2D eigenvalue weighted by molar-refractivity contribution is 0.251. The van der Waals surface area contributed by atoms with E-state index in [1.54, 1.807) is 24.3 Å². The van der Waals surface area contributed by atoms with Crippen molar-refractivity contribution in [1.29, 1.82) is 0 Å². The van der Waals surface area contributed by atoms with Crippen LogP contribution in [0.25, 0.3) is 0 Å². The van der Waals surface area contributed by atoms with Crippen LogP contribution in [0.2, 0.25) is 0 Å². The Labute approximate surface area is 170 Å². The van der Waals surface area contributed by atoms with Crippen LogP contribution < -0.4 is 20.1 Å². The fourth-order valence-electron chi connectivity index (χ4n) is 2.37. The molecule has 2 aromatic carbocycles. The highest BCUT2D eigenvalue weighted by Crippen LogP contribution is 2.26. The van der Waals surface area contributed by atoms with E-state index in [4.69, 9.17) is 9.47 Å². The van der Waals surface area contributed by atoms with Gasteiger partial charge in [-0.2, -0.15) is 0 Å². The first-order valence-corrected chi connectivity index (χ1v) is 9.13. The van der Waals surface area contributed by atoms with Crippen LogP contribution in [0.4, 0.5) is 10.5 Å². The molecular formula is C20H18BrN3O4. The van der Waals surface area contributed by atoms with Gasteiger partial charge in [0, 0.05) is 17.1 Å². The number of amides is 2. The summed E-state index contributed by atoms with van der Waals surface area (Å²) in [6.07, 6.45) is 1.51. The molecule has 3 aromatic rings. The maximum Gasteiger partial charge on any atom is 0.319 e. The van der Waals surface area contributed by atoms with Crippen LogP contribution in [0.3, 0.4) is 0 Å². The van der Waals surface area contributed by atoms with Gasteiger partial charge in [-0.15, -0.1) is 0 Å². The SMILES string of the molecule is COc1ccc(CNC(=O)Nc2ccc(Oc3cccc(Br)c3)nc2)cc1O. The first-order valence-electron chi connectivity index (χ1n) is 8.34. The number of phenols is 1. The number of anilines is 1.